The van der Waals surface area contributed by atoms with E-state index in [9.17, 15) is 4.79 Å². The first-order valence-electron chi connectivity index (χ1n) is 8.05. The molecule has 2 atom stereocenters. The van der Waals surface area contributed by atoms with Crippen molar-refractivity contribution in [1.82, 2.24) is 14.5 Å². The van der Waals surface area contributed by atoms with Gasteiger partial charge < -0.3 is 5.32 Å². The maximum absolute atomic E-state index is 12.6. The topological polar surface area (TPSA) is 59.8 Å². The van der Waals surface area contributed by atoms with Gasteiger partial charge in [-0.3, -0.25) is 9.36 Å². The number of benzene rings is 1. The first-order chi connectivity index (χ1) is 11.7. The number of hydrogen-bond donors (Lipinski definition) is 1. The molecule has 120 valence electrons. The van der Waals surface area contributed by atoms with Crippen LogP contribution in [0.2, 0.25) is 0 Å². The fourth-order valence-electron chi connectivity index (χ4n) is 3.07. The summed E-state index contributed by atoms with van der Waals surface area (Å²) in [6.45, 7) is 1.91. The van der Waals surface area contributed by atoms with E-state index in [0.29, 0.717) is 17.4 Å². The van der Waals surface area contributed by atoms with Crippen molar-refractivity contribution in [2.24, 2.45) is 5.92 Å². The van der Waals surface area contributed by atoms with E-state index in [1.54, 1.807) is 12.4 Å². The molecule has 24 heavy (non-hydrogen) atoms. The van der Waals surface area contributed by atoms with E-state index in [2.05, 4.69) is 27.4 Å². The van der Waals surface area contributed by atoms with Crippen LogP contribution in [-0.4, -0.2) is 20.4 Å². The molecule has 1 aliphatic carbocycles. The Kier molecular flexibility index (Phi) is 3.61. The van der Waals surface area contributed by atoms with Crippen molar-refractivity contribution in [3.8, 4) is 5.82 Å². The van der Waals surface area contributed by atoms with Gasteiger partial charge in [0.25, 0.3) is 0 Å². The molecule has 1 amide bonds. The molecule has 0 saturated heterocycles. The van der Waals surface area contributed by atoms with Gasteiger partial charge in [-0.25, -0.2) is 9.97 Å². The lowest BCUT2D eigenvalue weighted by Crippen LogP contribution is -2.17. The van der Waals surface area contributed by atoms with Gasteiger partial charge in [0.05, 0.1) is 5.69 Å². The van der Waals surface area contributed by atoms with Crippen LogP contribution in [-0.2, 0) is 4.79 Å². The summed E-state index contributed by atoms with van der Waals surface area (Å²) in [5.41, 5.74) is 1.94. The van der Waals surface area contributed by atoms with Crippen LogP contribution >= 0.6 is 0 Å². The van der Waals surface area contributed by atoms with Crippen molar-refractivity contribution in [2.75, 3.05) is 5.32 Å². The van der Waals surface area contributed by atoms with Gasteiger partial charge in [-0.1, -0.05) is 30.3 Å². The van der Waals surface area contributed by atoms with Crippen LogP contribution in [0.25, 0.3) is 5.82 Å². The predicted molar refractivity (Wildman–Crippen MR) is 92.0 cm³/mol. The number of aryl methyl sites for hydroxylation is 1. The van der Waals surface area contributed by atoms with Gasteiger partial charge in [0.2, 0.25) is 5.91 Å². The number of carbonyl (C=O) groups excluding carboxylic acids is 1. The van der Waals surface area contributed by atoms with Gasteiger partial charge in [0, 0.05) is 24.5 Å². The minimum atomic E-state index is 0.0318. The molecule has 2 aromatic heterocycles. The Bertz CT molecular complexity index is 872. The Labute approximate surface area is 140 Å². The minimum absolute atomic E-state index is 0.0318. The molecule has 5 nitrogen and oxygen atoms in total. The van der Waals surface area contributed by atoms with Crippen molar-refractivity contribution in [2.45, 2.75) is 19.3 Å². The quantitative estimate of drug-likeness (QED) is 0.803. The van der Waals surface area contributed by atoms with Crippen LogP contribution in [0.1, 0.15) is 23.7 Å². The summed E-state index contributed by atoms with van der Waals surface area (Å²) in [7, 11) is 0. The molecule has 0 unspecified atom stereocenters. The highest BCUT2D eigenvalue weighted by atomic mass is 16.2. The van der Waals surface area contributed by atoms with E-state index >= 15 is 0 Å². The SMILES string of the molecule is Cc1nccn1-c1ncccc1NC(=O)[C@H]1C[C@@H]1c1ccccc1. The van der Waals surface area contributed by atoms with Gasteiger partial charge >= 0.3 is 0 Å². The normalized spacial score (nSPS) is 19.0. The Morgan fingerprint density at radius 1 is 1.12 bits per heavy atom. The zero-order chi connectivity index (χ0) is 16.5. The Morgan fingerprint density at radius 3 is 2.71 bits per heavy atom. The third-order valence-electron chi connectivity index (χ3n) is 4.45. The fourth-order valence-corrected chi connectivity index (χ4v) is 3.07. The van der Waals surface area contributed by atoms with Gasteiger partial charge in [-0.15, -0.1) is 0 Å². The summed E-state index contributed by atoms with van der Waals surface area (Å²) in [5.74, 6) is 1.93. The molecule has 4 rings (SSSR count). The van der Waals surface area contributed by atoms with Crippen LogP contribution in [0.15, 0.2) is 61.1 Å². The predicted octanol–water partition coefficient (Wildman–Crippen LogP) is 3.32. The number of aromatic nitrogens is 3. The lowest BCUT2D eigenvalue weighted by molar-refractivity contribution is -0.117. The highest BCUT2D eigenvalue weighted by molar-refractivity contribution is 5.96. The maximum Gasteiger partial charge on any atom is 0.228 e. The standard InChI is InChI=1S/C19H18N4O/c1-13-20-10-11-23(13)18-17(8-5-9-21-18)22-19(24)16-12-15(16)14-6-3-2-4-7-14/h2-11,15-16H,12H2,1H3,(H,22,24)/t15-,16+/m1/s1. The van der Waals surface area contributed by atoms with Crippen molar-refractivity contribution >= 4 is 11.6 Å². The van der Waals surface area contributed by atoms with Gasteiger partial charge in [0.15, 0.2) is 5.82 Å². The largest absolute Gasteiger partial charge is 0.323 e. The first kappa shape index (κ1) is 14.6. The molecule has 0 bridgehead atoms. The second kappa shape index (κ2) is 5.92. The molecule has 1 N–H and O–H groups in total. The molecule has 2 heterocycles. The lowest BCUT2D eigenvalue weighted by Gasteiger charge is -2.11. The molecule has 1 saturated carbocycles. The highest BCUT2D eigenvalue weighted by Crippen LogP contribution is 2.48. The Morgan fingerprint density at radius 2 is 1.96 bits per heavy atom. The molecule has 5 heteroatoms. The van der Waals surface area contributed by atoms with Crippen LogP contribution in [0.3, 0.4) is 0 Å². The van der Waals surface area contributed by atoms with E-state index in [1.165, 1.54) is 5.56 Å². The molecular weight excluding hydrogens is 300 g/mol. The summed E-state index contributed by atoms with van der Waals surface area (Å²) < 4.78 is 1.87. The van der Waals surface area contributed by atoms with Crippen LogP contribution < -0.4 is 5.32 Å². The van der Waals surface area contributed by atoms with E-state index < -0.39 is 0 Å². The van der Waals surface area contributed by atoms with Crippen LogP contribution in [0.4, 0.5) is 5.69 Å². The Balaban J connectivity index is 1.53. The zero-order valence-electron chi connectivity index (χ0n) is 13.4. The molecule has 0 aliphatic heterocycles. The summed E-state index contributed by atoms with van der Waals surface area (Å²) in [5, 5.41) is 3.04. The number of amides is 1. The first-order valence-corrected chi connectivity index (χ1v) is 8.05. The summed E-state index contributed by atoms with van der Waals surface area (Å²) >= 11 is 0. The smallest absolute Gasteiger partial charge is 0.228 e. The maximum atomic E-state index is 12.6. The fraction of sp³-hybridized carbons (Fsp3) is 0.211. The van der Waals surface area contributed by atoms with E-state index in [-0.39, 0.29) is 11.8 Å². The summed E-state index contributed by atoms with van der Waals surface area (Å²) in [6.07, 6.45) is 6.18. The number of imidazole rings is 1. The minimum Gasteiger partial charge on any atom is -0.323 e. The summed E-state index contributed by atoms with van der Waals surface area (Å²) in [4.78, 5) is 21.2. The van der Waals surface area contributed by atoms with Gasteiger partial charge in [-0.2, -0.15) is 0 Å². The number of rotatable bonds is 4. The summed E-state index contributed by atoms with van der Waals surface area (Å²) in [6, 6.07) is 13.9. The molecule has 1 aromatic carbocycles. The number of nitrogens with zero attached hydrogens (tertiary/aromatic N) is 3. The Hall–Kier alpha value is -2.95. The van der Waals surface area contributed by atoms with E-state index in [4.69, 9.17) is 0 Å². The second-order valence-electron chi connectivity index (χ2n) is 6.07. The molecule has 3 aromatic rings. The van der Waals surface area contributed by atoms with Crippen molar-refractivity contribution in [1.29, 1.82) is 0 Å². The second-order valence-corrected chi connectivity index (χ2v) is 6.07. The number of pyridine rings is 1. The van der Waals surface area contributed by atoms with Crippen LogP contribution in [0.5, 0.6) is 0 Å². The lowest BCUT2D eigenvalue weighted by atomic mass is 10.1. The van der Waals surface area contributed by atoms with E-state index in [0.717, 1.165) is 12.2 Å². The number of hydrogen-bond acceptors (Lipinski definition) is 3. The van der Waals surface area contributed by atoms with Crippen molar-refractivity contribution in [3.05, 3.63) is 72.4 Å². The molecule has 0 radical (unpaired) electrons. The van der Waals surface area contributed by atoms with Gasteiger partial charge in [-0.05, 0) is 37.0 Å². The third kappa shape index (κ3) is 2.69. The molecule has 1 fully saturated rings. The van der Waals surface area contributed by atoms with E-state index in [1.807, 2.05) is 48.0 Å². The van der Waals surface area contributed by atoms with Crippen LogP contribution in [0, 0.1) is 12.8 Å². The molecular formula is C19H18N4O. The number of anilines is 1. The average molecular weight is 318 g/mol. The number of nitrogens with one attached hydrogen (secondary N) is 1. The average Bonchev–Trinajstić information content (AvgIpc) is 3.31. The van der Waals surface area contributed by atoms with Gasteiger partial charge in [0.1, 0.15) is 5.82 Å². The monoisotopic (exact) mass is 318 g/mol. The van der Waals surface area contributed by atoms with Crippen molar-refractivity contribution in [3.63, 3.8) is 0 Å². The number of carbonyl (C=O) groups is 1. The van der Waals surface area contributed by atoms with Crippen molar-refractivity contribution < 1.29 is 4.79 Å². The molecule has 1 aliphatic rings. The molecule has 0 spiro atoms. The zero-order valence-corrected chi connectivity index (χ0v) is 13.4. The highest BCUT2D eigenvalue weighted by Gasteiger charge is 2.44. The third-order valence-corrected chi connectivity index (χ3v) is 4.45.